The molecular weight excluding hydrogens is 404 g/mol. The summed E-state index contributed by atoms with van der Waals surface area (Å²) in [6, 6.07) is 17.7. The third kappa shape index (κ3) is 4.18. The number of urea groups is 1. The number of methoxy groups -OCH3 is 1. The lowest BCUT2D eigenvalue weighted by molar-refractivity contribution is 0.262. The van der Waals surface area contributed by atoms with Gasteiger partial charge in [0.25, 0.3) is 5.56 Å². The fraction of sp³-hybridized carbons (Fsp3) is 0.160. The van der Waals surface area contributed by atoms with Gasteiger partial charge in [-0.3, -0.25) is 9.36 Å². The Labute approximate surface area is 185 Å². The molecule has 7 heteroatoms. The van der Waals surface area contributed by atoms with Crippen molar-refractivity contribution in [1.29, 1.82) is 0 Å². The molecule has 1 aromatic heterocycles. The number of hydrogen-bond acceptors (Lipinski definition) is 4. The molecule has 0 saturated heterocycles. The molecule has 0 radical (unpaired) electrons. The lowest BCUT2D eigenvalue weighted by Gasteiger charge is -2.13. The number of carbonyl (C=O) groups is 1. The third-order valence-corrected chi connectivity index (χ3v) is 5.25. The molecule has 0 spiro atoms. The van der Waals surface area contributed by atoms with Crippen molar-refractivity contribution in [2.75, 3.05) is 17.7 Å². The van der Waals surface area contributed by atoms with E-state index in [9.17, 15) is 9.59 Å². The van der Waals surface area contributed by atoms with Gasteiger partial charge in [-0.2, -0.15) is 0 Å². The van der Waals surface area contributed by atoms with Gasteiger partial charge < -0.3 is 15.4 Å². The van der Waals surface area contributed by atoms with Crippen molar-refractivity contribution in [3.63, 3.8) is 0 Å². The van der Waals surface area contributed by atoms with Crippen LogP contribution in [0.25, 0.3) is 16.6 Å². The highest BCUT2D eigenvalue weighted by Crippen LogP contribution is 2.20. The van der Waals surface area contributed by atoms with E-state index in [0.717, 1.165) is 16.8 Å². The van der Waals surface area contributed by atoms with E-state index in [1.54, 1.807) is 61.1 Å². The molecule has 162 valence electrons. The minimum atomic E-state index is -0.383. The summed E-state index contributed by atoms with van der Waals surface area (Å²) in [7, 11) is 1.59. The number of rotatable bonds is 4. The quantitative estimate of drug-likeness (QED) is 0.481. The third-order valence-electron chi connectivity index (χ3n) is 5.25. The second-order valence-corrected chi connectivity index (χ2v) is 7.63. The number of fused-ring (bicyclic) bond motifs is 1. The Morgan fingerprint density at radius 1 is 0.938 bits per heavy atom. The molecule has 1 heterocycles. The van der Waals surface area contributed by atoms with Crippen molar-refractivity contribution < 1.29 is 9.53 Å². The summed E-state index contributed by atoms with van der Waals surface area (Å²) >= 11 is 0. The number of amides is 2. The number of anilines is 2. The zero-order valence-electron chi connectivity index (χ0n) is 18.4. The van der Waals surface area contributed by atoms with Crippen LogP contribution >= 0.6 is 0 Å². The van der Waals surface area contributed by atoms with Crippen LogP contribution in [-0.2, 0) is 0 Å². The zero-order chi connectivity index (χ0) is 22.8. The van der Waals surface area contributed by atoms with Gasteiger partial charge in [-0.15, -0.1) is 0 Å². The van der Waals surface area contributed by atoms with Gasteiger partial charge in [0.2, 0.25) is 0 Å². The summed E-state index contributed by atoms with van der Waals surface area (Å²) in [6.45, 7) is 5.73. The molecule has 3 aromatic carbocycles. The maximum absolute atomic E-state index is 13.3. The largest absolute Gasteiger partial charge is 0.497 e. The lowest BCUT2D eigenvalue weighted by Crippen LogP contribution is -2.23. The molecule has 7 nitrogen and oxygen atoms in total. The topological polar surface area (TPSA) is 85.2 Å². The van der Waals surface area contributed by atoms with Crippen LogP contribution in [0.5, 0.6) is 5.75 Å². The SMILES string of the molecule is COc1ccc(-n2c(C)nc3ccc(NC(=O)Nc4ccc(C)cc4C)cc3c2=O)cc1. The van der Waals surface area contributed by atoms with E-state index >= 15 is 0 Å². The minimum absolute atomic E-state index is 0.212. The van der Waals surface area contributed by atoms with Crippen molar-refractivity contribution in [3.8, 4) is 11.4 Å². The standard InChI is InChI=1S/C25H24N4O3/c1-15-5-11-22(16(2)13-15)28-25(31)27-18-6-12-23-21(14-18)24(30)29(17(3)26-23)19-7-9-20(32-4)10-8-19/h5-14H,1-4H3,(H2,27,28,31). The van der Waals surface area contributed by atoms with Gasteiger partial charge in [0.15, 0.2) is 0 Å². The Balaban J connectivity index is 1.65. The normalized spacial score (nSPS) is 10.8. The molecule has 4 rings (SSSR count). The van der Waals surface area contributed by atoms with Gasteiger partial charge in [0, 0.05) is 11.4 Å². The van der Waals surface area contributed by atoms with Crippen molar-refractivity contribution in [3.05, 3.63) is 88.0 Å². The van der Waals surface area contributed by atoms with Gasteiger partial charge in [-0.1, -0.05) is 17.7 Å². The van der Waals surface area contributed by atoms with Crippen molar-refractivity contribution in [1.82, 2.24) is 9.55 Å². The summed E-state index contributed by atoms with van der Waals surface area (Å²) in [5.41, 5.74) is 4.37. The van der Waals surface area contributed by atoms with Crippen molar-refractivity contribution in [2.45, 2.75) is 20.8 Å². The summed E-state index contributed by atoms with van der Waals surface area (Å²) in [5.74, 6) is 1.27. The number of hydrogen-bond donors (Lipinski definition) is 2. The first kappa shape index (κ1) is 21.1. The molecular formula is C25H24N4O3. The predicted molar refractivity (Wildman–Crippen MR) is 127 cm³/mol. The number of nitrogens with one attached hydrogen (secondary N) is 2. The molecule has 2 amide bonds. The van der Waals surface area contributed by atoms with Gasteiger partial charge in [0.05, 0.1) is 23.7 Å². The second kappa shape index (κ2) is 8.55. The molecule has 0 fully saturated rings. The summed E-state index contributed by atoms with van der Waals surface area (Å²) < 4.78 is 6.74. The van der Waals surface area contributed by atoms with E-state index in [1.165, 1.54) is 0 Å². The lowest BCUT2D eigenvalue weighted by atomic mass is 10.1. The monoisotopic (exact) mass is 428 g/mol. The number of nitrogens with zero attached hydrogens (tertiary/aromatic N) is 2. The Morgan fingerprint density at radius 2 is 1.69 bits per heavy atom. The molecule has 0 aliphatic heterocycles. The van der Waals surface area contributed by atoms with Crippen LogP contribution in [0.4, 0.5) is 16.2 Å². The highest BCUT2D eigenvalue weighted by Gasteiger charge is 2.12. The molecule has 2 N–H and O–H groups in total. The molecule has 0 atom stereocenters. The summed E-state index contributed by atoms with van der Waals surface area (Å²) in [6.07, 6.45) is 0. The molecule has 0 saturated carbocycles. The molecule has 32 heavy (non-hydrogen) atoms. The average Bonchev–Trinajstić information content (AvgIpc) is 2.77. The number of benzene rings is 3. The number of ether oxygens (including phenoxy) is 1. The maximum Gasteiger partial charge on any atom is 0.323 e. The predicted octanol–water partition coefficient (Wildman–Crippen LogP) is 4.96. The fourth-order valence-corrected chi connectivity index (χ4v) is 3.65. The van der Waals surface area contributed by atoms with Crippen LogP contribution in [-0.4, -0.2) is 22.7 Å². The van der Waals surface area contributed by atoms with Gasteiger partial charge in [-0.05, 0) is 74.9 Å². The van der Waals surface area contributed by atoms with Gasteiger partial charge in [0.1, 0.15) is 11.6 Å². The molecule has 0 bridgehead atoms. The van der Waals surface area contributed by atoms with E-state index in [-0.39, 0.29) is 11.6 Å². The van der Waals surface area contributed by atoms with Crippen molar-refractivity contribution in [2.24, 2.45) is 0 Å². The Hall–Kier alpha value is -4.13. The van der Waals surface area contributed by atoms with Crippen LogP contribution in [0.1, 0.15) is 17.0 Å². The average molecular weight is 428 g/mol. The minimum Gasteiger partial charge on any atom is -0.497 e. The Bertz CT molecular complexity index is 1370. The van der Waals surface area contributed by atoms with Crippen LogP contribution < -0.4 is 20.9 Å². The summed E-state index contributed by atoms with van der Waals surface area (Å²) in [4.78, 5) is 30.3. The van der Waals surface area contributed by atoms with Crippen LogP contribution in [0.15, 0.2) is 65.5 Å². The molecule has 0 unspecified atom stereocenters. The van der Waals surface area contributed by atoms with Crippen molar-refractivity contribution >= 4 is 28.3 Å². The zero-order valence-corrected chi connectivity index (χ0v) is 18.4. The van der Waals surface area contributed by atoms with E-state index in [4.69, 9.17) is 4.74 Å². The van der Waals surface area contributed by atoms with Crippen LogP contribution in [0, 0.1) is 20.8 Å². The first-order valence-corrected chi connectivity index (χ1v) is 10.2. The fourth-order valence-electron chi connectivity index (χ4n) is 3.65. The van der Waals surface area contributed by atoms with Gasteiger partial charge >= 0.3 is 6.03 Å². The smallest absolute Gasteiger partial charge is 0.323 e. The highest BCUT2D eigenvalue weighted by atomic mass is 16.5. The second-order valence-electron chi connectivity index (χ2n) is 7.63. The first-order chi connectivity index (χ1) is 15.4. The Kier molecular flexibility index (Phi) is 5.64. The number of carbonyl (C=O) groups excluding carboxylic acids is 1. The van der Waals surface area contributed by atoms with E-state index in [1.807, 2.05) is 32.0 Å². The van der Waals surface area contributed by atoms with E-state index in [0.29, 0.717) is 33.9 Å². The van der Waals surface area contributed by atoms with Crippen LogP contribution in [0.2, 0.25) is 0 Å². The summed E-state index contributed by atoms with van der Waals surface area (Å²) in [5, 5.41) is 6.06. The van der Waals surface area contributed by atoms with Crippen LogP contribution in [0.3, 0.4) is 0 Å². The number of aryl methyl sites for hydroxylation is 3. The van der Waals surface area contributed by atoms with Gasteiger partial charge in [-0.25, -0.2) is 9.78 Å². The Morgan fingerprint density at radius 3 is 2.38 bits per heavy atom. The molecule has 0 aliphatic carbocycles. The van der Waals surface area contributed by atoms with E-state index in [2.05, 4.69) is 15.6 Å². The first-order valence-electron chi connectivity index (χ1n) is 10.2. The molecule has 0 aliphatic rings. The number of aromatic nitrogens is 2. The maximum atomic E-state index is 13.3. The van der Waals surface area contributed by atoms with E-state index < -0.39 is 0 Å². The molecule has 4 aromatic rings. The highest BCUT2D eigenvalue weighted by molar-refractivity contribution is 6.01.